The molecule has 76 valence electrons. The summed E-state index contributed by atoms with van der Waals surface area (Å²) in [5.74, 6) is 1.82. The Morgan fingerprint density at radius 3 is 2.85 bits per heavy atom. The molecule has 2 aliphatic rings. The highest BCUT2D eigenvalue weighted by molar-refractivity contribution is 4.89. The zero-order valence-electron chi connectivity index (χ0n) is 8.55. The van der Waals surface area contributed by atoms with Crippen molar-refractivity contribution in [1.29, 1.82) is 0 Å². The van der Waals surface area contributed by atoms with Crippen LogP contribution < -0.4 is 5.32 Å². The molecule has 13 heavy (non-hydrogen) atoms. The van der Waals surface area contributed by atoms with E-state index in [0.29, 0.717) is 0 Å². The van der Waals surface area contributed by atoms with Crippen LogP contribution >= 0.6 is 0 Å². The van der Waals surface area contributed by atoms with Crippen molar-refractivity contribution in [2.45, 2.75) is 44.6 Å². The lowest BCUT2D eigenvalue weighted by Crippen LogP contribution is -2.31. The molecule has 0 amide bonds. The molecule has 1 aliphatic heterocycles. The molecule has 0 aromatic carbocycles. The second kappa shape index (κ2) is 3.58. The molecule has 0 radical (unpaired) electrons. The Bertz CT molecular complexity index is 171. The van der Waals surface area contributed by atoms with E-state index in [-0.39, 0.29) is 5.60 Å². The topological polar surface area (TPSA) is 32.3 Å². The molecule has 0 aromatic rings. The second-order valence-electron chi connectivity index (χ2n) is 5.00. The van der Waals surface area contributed by atoms with Gasteiger partial charge in [-0.05, 0) is 50.5 Å². The van der Waals surface area contributed by atoms with Crippen LogP contribution in [0, 0.1) is 11.8 Å². The van der Waals surface area contributed by atoms with E-state index >= 15 is 0 Å². The fraction of sp³-hybridized carbons (Fsp3) is 1.00. The molecule has 2 atom stereocenters. The first-order valence-corrected chi connectivity index (χ1v) is 5.63. The third kappa shape index (κ3) is 2.44. The van der Waals surface area contributed by atoms with Crippen molar-refractivity contribution in [1.82, 2.24) is 5.32 Å². The van der Waals surface area contributed by atoms with Crippen LogP contribution in [0.4, 0.5) is 0 Å². The van der Waals surface area contributed by atoms with Crippen LogP contribution in [-0.4, -0.2) is 23.8 Å². The molecule has 2 N–H and O–H groups in total. The lowest BCUT2D eigenvalue weighted by molar-refractivity contribution is 0.0452. The van der Waals surface area contributed by atoms with Gasteiger partial charge in [-0.25, -0.2) is 0 Å². The Labute approximate surface area is 80.7 Å². The maximum Gasteiger partial charge on any atom is 0.0783 e. The van der Waals surface area contributed by atoms with Crippen LogP contribution in [-0.2, 0) is 0 Å². The minimum absolute atomic E-state index is 0.372. The first-order chi connectivity index (χ1) is 6.20. The molecule has 1 heterocycles. The van der Waals surface area contributed by atoms with Gasteiger partial charge in [0.25, 0.3) is 0 Å². The van der Waals surface area contributed by atoms with Crippen molar-refractivity contribution in [2.75, 3.05) is 13.1 Å². The van der Waals surface area contributed by atoms with Crippen LogP contribution in [0.3, 0.4) is 0 Å². The van der Waals surface area contributed by atoms with E-state index in [1.54, 1.807) is 0 Å². The fourth-order valence-electron chi connectivity index (χ4n) is 2.34. The first kappa shape index (κ1) is 9.47. The first-order valence-electron chi connectivity index (χ1n) is 5.63. The van der Waals surface area contributed by atoms with Gasteiger partial charge < -0.3 is 10.4 Å². The van der Waals surface area contributed by atoms with Crippen LogP contribution in [0.2, 0.25) is 0 Å². The average molecular weight is 183 g/mol. The normalized spacial score (nSPS) is 36.5. The van der Waals surface area contributed by atoms with E-state index in [1.165, 1.54) is 19.3 Å². The maximum atomic E-state index is 10.1. The summed E-state index contributed by atoms with van der Waals surface area (Å²) in [6, 6.07) is 0. The van der Waals surface area contributed by atoms with E-state index < -0.39 is 0 Å². The Morgan fingerprint density at radius 1 is 1.54 bits per heavy atom. The zero-order chi connectivity index (χ0) is 9.31. The molecule has 1 aliphatic carbocycles. The maximum absolute atomic E-state index is 10.1. The summed E-state index contributed by atoms with van der Waals surface area (Å²) in [6.07, 6.45) is 6.01. The van der Waals surface area contributed by atoms with Gasteiger partial charge in [0.15, 0.2) is 0 Å². The summed E-state index contributed by atoms with van der Waals surface area (Å²) in [5, 5.41) is 13.3. The number of hydrogen-bond acceptors (Lipinski definition) is 2. The third-order valence-corrected chi connectivity index (χ3v) is 3.71. The Balaban J connectivity index is 1.70. The van der Waals surface area contributed by atoms with Crippen molar-refractivity contribution in [3.63, 3.8) is 0 Å². The molecular weight excluding hydrogens is 162 g/mol. The van der Waals surface area contributed by atoms with E-state index in [9.17, 15) is 5.11 Å². The SMILES string of the molecule is CC(CCC1(O)CCNC1)C1CC1. The number of hydrogen-bond donors (Lipinski definition) is 2. The van der Waals surface area contributed by atoms with Gasteiger partial charge >= 0.3 is 0 Å². The Morgan fingerprint density at radius 2 is 2.31 bits per heavy atom. The molecule has 0 spiro atoms. The van der Waals surface area contributed by atoms with Crippen LogP contribution in [0.5, 0.6) is 0 Å². The average Bonchev–Trinajstić information content (AvgIpc) is 2.87. The molecule has 1 saturated heterocycles. The van der Waals surface area contributed by atoms with Gasteiger partial charge in [-0.15, -0.1) is 0 Å². The van der Waals surface area contributed by atoms with Crippen molar-refractivity contribution in [3.05, 3.63) is 0 Å². The highest BCUT2D eigenvalue weighted by Crippen LogP contribution is 2.39. The Kier molecular flexibility index (Phi) is 2.61. The van der Waals surface area contributed by atoms with Gasteiger partial charge in [0, 0.05) is 6.54 Å². The van der Waals surface area contributed by atoms with Crippen LogP contribution in [0.25, 0.3) is 0 Å². The van der Waals surface area contributed by atoms with Gasteiger partial charge in [0.1, 0.15) is 0 Å². The molecule has 2 heteroatoms. The predicted molar refractivity (Wildman–Crippen MR) is 53.6 cm³/mol. The van der Waals surface area contributed by atoms with Gasteiger partial charge in [0.2, 0.25) is 0 Å². The van der Waals surface area contributed by atoms with Gasteiger partial charge in [0.05, 0.1) is 5.60 Å². The summed E-state index contributed by atoms with van der Waals surface area (Å²) in [4.78, 5) is 0. The minimum Gasteiger partial charge on any atom is -0.389 e. The summed E-state index contributed by atoms with van der Waals surface area (Å²) in [6.45, 7) is 4.14. The smallest absolute Gasteiger partial charge is 0.0783 e. The van der Waals surface area contributed by atoms with Crippen molar-refractivity contribution < 1.29 is 5.11 Å². The molecular formula is C11H21NO. The zero-order valence-corrected chi connectivity index (χ0v) is 8.55. The van der Waals surface area contributed by atoms with Gasteiger partial charge in [-0.3, -0.25) is 0 Å². The Hall–Kier alpha value is -0.0800. The number of β-amino-alcohol motifs (C(OH)–C–C–N with tert-alkyl or cyclic N) is 1. The van der Waals surface area contributed by atoms with E-state index in [4.69, 9.17) is 0 Å². The van der Waals surface area contributed by atoms with Crippen molar-refractivity contribution >= 4 is 0 Å². The lowest BCUT2D eigenvalue weighted by Gasteiger charge is -2.23. The van der Waals surface area contributed by atoms with Crippen LogP contribution in [0.15, 0.2) is 0 Å². The van der Waals surface area contributed by atoms with Crippen molar-refractivity contribution in [2.24, 2.45) is 11.8 Å². The molecule has 2 rings (SSSR count). The summed E-state index contributed by atoms with van der Waals surface area (Å²) in [7, 11) is 0. The lowest BCUT2D eigenvalue weighted by atomic mass is 9.90. The van der Waals surface area contributed by atoms with E-state index in [2.05, 4.69) is 12.2 Å². The summed E-state index contributed by atoms with van der Waals surface area (Å²) < 4.78 is 0. The van der Waals surface area contributed by atoms with Crippen LogP contribution in [0.1, 0.15) is 39.0 Å². The van der Waals surface area contributed by atoms with Gasteiger partial charge in [-0.1, -0.05) is 6.92 Å². The summed E-state index contributed by atoms with van der Waals surface area (Å²) >= 11 is 0. The highest BCUT2D eigenvalue weighted by Gasteiger charge is 2.33. The molecule has 0 aromatic heterocycles. The molecule has 2 fully saturated rings. The van der Waals surface area contributed by atoms with Gasteiger partial charge in [-0.2, -0.15) is 0 Å². The largest absolute Gasteiger partial charge is 0.389 e. The third-order valence-electron chi connectivity index (χ3n) is 3.71. The number of aliphatic hydroxyl groups is 1. The molecule has 2 nitrogen and oxygen atoms in total. The molecule has 2 unspecified atom stereocenters. The number of nitrogens with one attached hydrogen (secondary N) is 1. The monoisotopic (exact) mass is 183 g/mol. The van der Waals surface area contributed by atoms with Crippen molar-refractivity contribution in [3.8, 4) is 0 Å². The predicted octanol–water partition coefficient (Wildman–Crippen LogP) is 1.54. The molecule has 0 bridgehead atoms. The van der Waals surface area contributed by atoms with E-state index in [0.717, 1.165) is 37.8 Å². The number of rotatable bonds is 4. The molecule has 1 saturated carbocycles. The standard InChI is InChI=1S/C11H21NO/c1-9(10-2-3-10)4-5-11(13)6-7-12-8-11/h9-10,12-13H,2-8H2,1H3. The minimum atomic E-state index is -0.372. The highest BCUT2D eigenvalue weighted by atomic mass is 16.3. The second-order valence-corrected chi connectivity index (χ2v) is 5.00. The fourth-order valence-corrected chi connectivity index (χ4v) is 2.34. The summed E-state index contributed by atoms with van der Waals surface area (Å²) in [5.41, 5.74) is -0.372. The quantitative estimate of drug-likeness (QED) is 0.693. The van der Waals surface area contributed by atoms with E-state index in [1.807, 2.05) is 0 Å².